The zero-order valence-corrected chi connectivity index (χ0v) is 14.5. The van der Waals surface area contributed by atoms with Gasteiger partial charge in [0.1, 0.15) is 0 Å². The van der Waals surface area contributed by atoms with E-state index in [4.69, 9.17) is 4.74 Å². The van der Waals surface area contributed by atoms with Gasteiger partial charge in [0.25, 0.3) is 0 Å². The van der Waals surface area contributed by atoms with Gasteiger partial charge in [-0.05, 0) is 45.7 Å². The van der Waals surface area contributed by atoms with Crippen molar-refractivity contribution in [1.82, 2.24) is 20.9 Å². The van der Waals surface area contributed by atoms with Crippen LogP contribution in [0.1, 0.15) is 32.6 Å². The molecule has 25 heavy (non-hydrogen) atoms. The Bertz CT molecular complexity index is 511. The monoisotopic (exact) mass is 354 g/mol. The lowest BCUT2D eigenvalue weighted by Gasteiger charge is -2.31. The number of nitrogens with zero attached hydrogens (tertiary/aromatic N) is 1. The molecule has 0 radical (unpaired) electrons. The second-order valence-corrected chi connectivity index (χ2v) is 6.28. The average Bonchev–Trinajstić information content (AvgIpc) is 2.63. The van der Waals surface area contributed by atoms with E-state index in [0.29, 0.717) is 45.4 Å². The Labute approximate surface area is 146 Å². The minimum absolute atomic E-state index is 0.196. The largest absolute Gasteiger partial charge is 0.450 e. The van der Waals surface area contributed by atoms with Crippen molar-refractivity contribution in [2.45, 2.75) is 38.6 Å². The Balaban J connectivity index is 1.71. The number of carbonyl (C=O) groups is 4. The highest BCUT2D eigenvalue weighted by molar-refractivity contribution is 6.37. The van der Waals surface area contributed by atoms with Crippen LogP contribution in [0, 0.1) is 5.92 Å². The summed E-state index contributed by atoms with van der Waals surface area (Å²) in [4.78, 5) is 49.0. The maximum Gasteiger partial charge on any atom is 0.409 e. The molecule has 2 aliphatic rings. The molecule has 0 aromatic rings. The van der Waals surface area contributed by atoms with Crippen LogP contribution in [0.15, 0.2) is 0 Å². The Morgan fingerprint density at radius 3 is 2.28 bits per heavy atom. The Morgan fingerprint density at radius 2 is 1.68 bits per heavy atom. The molecule has 2 aliphatic heterocycles. The number of hydrogen-bond donors (Lipinski definition) is 3. The lowest BCUT2D eigenvalue weighted by molar-refractivity contribution is -0.143. The first-order valence-electron chi connectivity index (χ1n) is 8.79. The summed E-state index contributed by atoms with van der Waals surface area (Å²) in [6.45, 7) is 4.45. The molecule has 0 bridgehead atoms. The van der Waals surface area contributed by atoms with Crippen molar-refractivity contribution < 1.29 is 23.9 Å². The first-order chi connectivity index (χ1) is 12.0. The molecule has 0 aromatic carbocycles. The van der Waals surface area contributed by atoms with Crippen LogP contribution in [0.2, 0.25) is 0 Å². The van der Waals surface area contributed by atoms with E-state index in [9.17, 15) is 19.2 Å². The fourth-order valence-corrected chi connectivity index (χ4v) is 3.03. The molecular weight excluding hydrogens is 328 g/mol. The van der Waals surface area contributed by atoms with Crippen molar-refractivity contribution in [3.63, 3.8) is 0 Å². The summed E-state index contributed by atoms with van der Waals surface area (Å²) in [6.07, 6.45) is 2.04. The van der Waals surface area contributed by atoms with Crippen LogP contribution in [-0.2, 0) is 19.1 Å². The van der Waals surface area contributed by atoms with Gasteiger partial charge in [0, 0.05) is 25.0 Å². The Morgan fingerprint density at radius 1 is 1.04 bits per heavy atom. The van der Waals surface area contributed by atoms with Gasteiger partial charge in [0.05, 0.1) is 6.61 Å². The van der Waals surface area contributed by atoms with E-state index in [1.807, 2.05) is 0 Å². The lowest BCUT2D eigenvalue weighted by atomic mass is 9.97. The Kier molecular flexibility index (Phi) is 7.17. The molecule has 0 aliphatic carbocycles. The summed E-state index contributed by atoms with van der Waals surface area (Å²) in [5.41, 5.74) is 0. The zero-order chi connectivity index (χ0) is 18.2. The summed E-state index contributed by atoms with van der Waals surface area (Å²) < 4.78 is 4.93. The van der Waals surface area contributed by atoms with Crippen LogP contribution < -0.4 is 16.0 Å². The van der Waals surface area contributed by atoms with Crippen LogP contribution in [-0.4, -0.2) is 67.5 Å². The van der Waals surface area contributed by atoms with Gasteiger partial charge in [-0.1, -0.05) is 0 Å². The van der Waals surface area contributed by atoms with E-state index in [0.717, 1.165) is 13.1 Å². The van der Waals surface area contributed by atoms with E-state index in [1.165, 1.54) is 0 Å². The quantitative estimate of drug-likeness (QED) is 0.581. The molecule has 0 unspecified atom stereocenters. The van der Waals surface area contributed by atoms with Crippen molar-refractivity contribution in [2.24, 2.45) is 5.92 Å². The fraction of sp³-hybridized carbons (Fsp3) is 0.750. The first kappa shape index (κ1) is 19.2. The second kappa shape index (κ2) is 9.36. The van der Waals surface area contributed by atoms with E-state index >= 15 is 0 Å². The minimum atomic E-state index is -0.920. The molecule has 140 valence electrons. The Hall–Kier alpha value is -2.16. The molecule has 0 atom stereocenters. The fourth-order valence-electron chi connectivity index (χ4n) is 3.03. The third kappa shape index (κ3) is 5.70. The zero-order valence-electron chi connectivity index (χ0n) is 14.5. The molecular formula is C16H26N4O5. The summed E-state index contributed by atoms with van der Waals surface area (Å²) in [6, 6.07) is -0.196. The molecule has 2 saturated heterocycles. The summed E-state index contributed by atoms with van der Waals surface area (Å²) in [7, 11) is 0. The molecule has 4 amide bonds. The van der Waals surface area contributed by atoms with Gasteiger partial charge in [-0.2, -0.15) is 0 Å². The number of nitrogens with one attached hydrogen (secondary N) is 3. The van der Waals surface area contributed by atoms with Crippen LogP contribution in [0.5, 0.6) is 0 Å². The van der Waals surface area contributed by atoms with Crippen LogP contribution in [0.25, 0.3) is 0 Å². The SMILES string of the molecule is CCOC(=O)N1CCC(NC(=O)C(=O)NC(=O)C2CCNCC2)CC1. The third-order valence-electron chi connectivity index (χ3n) is 4.51. The van der Waals surface area contributed by atoms with E-state index in [2.05, 4.69) is 16.0 Å². The molecule has 9 heteroatoms. The number of carbonyl (C=O) groups excluding carboxylic acids is 4. The van der Waals surface area contributed by atoms with Crippen molar-refractivity contribution in [1.29, 1.82) is 0 Å². The van der Waals surface area contributed by atoms with Gasteiger partial charge in [-0.15, -0.1) is 0 Å². The standard InChI is InChI=1S/C16H26N4O5/c1-2-25-16(24)20-9-5-12(6-10-20)18-14(22)15(23)19-13(21)11-3-7-17-8-4-11/h11-12,17H,2-10H2,1H3,(H,18,22)(H,19,21,23). The number of hydrogen-bond acceptors (Lipinski definition) is 6. The molecule has 2 heterocycles. The lowest BCUT2D eigenvalue weighted by Crippen LogP contribution is -2.51. The predicted molar refractivity (Wildman–Crippen MR) is 88.5 cm³/mol. The smallest absolute Gasteiger partial charge is 0.409 e. The number of likely N-dealkylation sites (tertiary alicyclic amines) is 1. The van der Waals surface area contributed by atoms with Crippen molar-refractivity contribution >= 4 is 23.8 Å². The second-order valence-electron chi connectivity index (χ2n) is 6.28. The first-order valence-corrected chi connectivity index (χ1v) is 8.79. The summed E-state index contributed by atoms with van der Waals surface area (Å²) in [5, 5.41) is 7.94. The van der Waals surface area contributed by atoms with Gasteiger partial charge in [0.2, 0.25) is 5.91 Å². The van der Waals surface area contributed by atoms with Crippen molar-refractivity contribution in [3.8, 4) is 0 Å². The normalized spacial score (nSPS) is 19.2. The summed E-state index contributed by atoms with van der Waals surface area (Å²) in [5.74, 6) is -2.35. The van der Waals surface area contributed by atoms with Gasteiger partial charge in [-0.3, -0.25) is 19.7 Å². The van der Waals surface area contributed by atoms with Crippen LogP contribution >= 0.6 is 0 Å². The molecule has 0 aromatic heterocycles. The van der Waals surface area contributed by atoms with Gasteiger partial charge < -0.3 is 20.3 Å². The van der Waals surface area contributed by atoms with Gasteiger partial charge in [0.15, 0.2) is 0 Å². The minimum Gasteiger partial charge on any atom is -0.450 e. The molecule has 2 fully saturated rings. The average molecular weight is 354 g/mol. The molecule has 0 saturated carbocycles. The number of rotatable bonds is 3. The molecule has 0 spiro atoms. The highest BCUT2D eigenvalue weighted by Crippen LogP contribution is 2.12. The number of imide groups is 1. The maximum atomic E-state index is 12.0. The van der Waals surface area contributed by atoms with Gasteiger partial charge >= 0.3 is 17.9 Å². The van der Waals surface area contributed by atoms with E-state index in [-0.39, 0.29) is 18.1 Å². The molecule has 3 N–H and O–H groups in total. The topological polar surface area (TPSA) is 117 Å². The van der Waals surface area contributed by atoms with E-state index in [1.54, 1.807) is 11.8 Å². The highest BCUT2D eigenvalue weighted by atomic mass is 16.6. The number of piperidine rings is 2. The number of ether oxygens (including phenoxy) is 1. The van der Waals surface area contributed by atoms with Crippen LogP contribution in [0.3, 0.4) is 0 Å². The highest BCUT2D eigenvalue weighted by Gasteiger charge is 2.28. The molecule has 2 rings (SSSR count). The third-order valence-corrected chi connectivity index (χ3v) is 4.51. The van der Waals surface area contributed by atoms with Gasteiger partial charge in [-0.25, -0.2) is 4.79 Å². The van der Waals surface area contributed by atoms with Crippen LogP contribution in [0.4, 0.5) is 4.79 Å². The number of amides is 4. The summed E-state index contributed by atoms with van der Waals surface area (Å²) >= 11 is 0. The maximum absolute atomic E-state index is 12.0. The van der Waals surface area contributed by atoms with Crippen molar-refractivity contribution in [3.05, 3.63) is 0 Å². The molecule has 9 nitrogen and oxygen atoms in total. The van der Waals surface area contributed by atoms with E-state index < -0.39 is 17.7 Å². The predicted octanol–water partition coefficient (Wildman–Crippen LogP) is -0.634. The van der Waals surface area contributed by atoms with Crippen molar-refractivity contribution in [2.75, 3.05) is 32.8 Å².